The smallest absolute Gasteiger partial charge is 0.263 e. The largest absolute Gasteiger partial charge is 0.312 e. The van der Waals surface area contributed by atoms with Gasteiger partial charge in [-0.05, 0) is 42.4 Å². The van der Waals surface area contributed by atoms with E-state index in [0.29, 0.717) is 0 Å². The maximum atomic E-state index is 5.16. The molecule has 0 saturated heterocycles. The molecular weight excluding hydrogens is 292 g/mol. The quantitative estimate of drug-likeness (QED) is 0.287. The highest BCUT2D eigenvalue weighted by molar-refractivity contribution is 5.79. The lowest BCUT2D eigenvalue weighted by atomic mass is 9.96. The molecular formula is C23H28O+. The van der Waals surface area contributed by atoms with Gasteiger partial charge in [0.1, 0.15) is 0 Å². The molecule has 0 unspecified atom stereocenters. The number of hydrogen-bond acceptors (Lipinski definition) is 1. The van der Waals surface area contributed by atoms with E-state index in [4.69, 9.17) is 4.74 Å². The minimum absolute atomic E-state index is 1.02. The summed E-state index contributed by atoms with van der Waals surface area (Å²) in [6.45, 7) is 2.01. The molecule has 0 atom stereocenters. The van der Waals surface area contributed by atoms with E-state index in [2.05, 4.69) is 72.8 Å². The van der Waals surface area contributed by atoms with Crippen molar-refractivity contribution >= 4 is 5.57 Å². The van der Waals surface area contributed by atoms with Crippen molar-refractivity contribution in [2.24, 2.45) is 0 Å². The Labute approximate surface area is 146 Å². The molecule has 0 amide bonds. The number of benzene rings is 2. The molecule has 0 aliphatic carbocycles. The summed E-state index contributed by atoms with van der Waals surface area (Å²) in [5, 5.41) is 0. The van der Waals surface area contributed by atoms with Crippen LogP contribution in [0.4, 0.5) is 0 Å². The summed E-state index contributed by atoms with van der Waals surface area (Å²) in [5.74, 6) is 1.02. The first-order chi connectivity index (χ1) is 11.8. The first kappa shape index (κ1) is 18.1. The van der Waals surface area contributed by atoms with Gasteiger partial charge in [-0.2, -0.15) is 0 Å². The van der Waals surface area contributed by atoms with Gasteiger partial charge >= 0.3 is 5.76 Å². The first-order valence-electron chi connectivity index (χ1n) is 8.83. The van der Waals surface area contributed by atoms with Crippen LogP contribution in [0.15, 0.2) is 78.6 Å². The van der Waals surface area contributed by atoms with Gasteiger partial charge in [-0.25, -0.2) is 0 Å². The van der Waals surface area contributed by atoms with Gasteiger partial charge in [-0.15, -0.1) is 0 Å². The molecule has 0 aliphatic rings. The average molecular weight is 320 g/mol. The second-order valence-corrected chi connectivity index (χ2v) is 6.01. The Bertz CT molecular complexity index is 597. The molecule has 2 aromatic carbocycles. The molecule has 0 spiro atoms. The van der Waals surface area contributed by atoms with Gasteiger partial charge in [0.25, 0.3) is 7.11 Å². The number of unbranched alkanes of at least 4 members (excludes halogenated alkanes) is 4. The van der Waals surface area contributed by atoms with Crippen LogP contribution in [0.25, 0.3) is 5.57 Å². The maximum absolute atomic E-state index is 5.16. The lowest BCUT2D eigenvalue weighted by molar-refractivity contribution is 0.291. The number of hydrogen-bond donors (Lipinski definition) is 0. The molecule has 0 heterocycles. The average Bonchev–Trinajstić information content (AvgIpc) is 2.65. The van der Waals surface area contributed by atoms with Crippen LogP contribution in [0.2, 0.25) is 0 Å². The monoisotopic (exact) mass is 320 g/mol. The van der Waals surface area contributed by atoms with Crippen LogP contribution in [0.1, 0.15) is 50.2 Å². The molecule has 125 valence electrons. The predicted octanol–water partition coefficient (Wildman–Crippen LogP) is 6.62. The fourth-order valence-electron chi connectivity index (χ4n) is 2.74. The van der Waals surface area contributed by atoms with Crippen molar-refractivity contribution in [2.75, 3.05) is 7.11 Å². The van der Waals surface area contributed by atoms with Crippen LogP contribution in [0.5, 0.6) is 0 Å². The zero-order valence-electron chi connectivity index (χ0n) is 14.9. The zero-order chi connectivity index (χ0) is 17.0. The lowest BCUT2D eigenvalue weighted by Gasteiger charge is -2.08. The van der Waals surface area contributed by atoms with Crippen molar-refractivity contribution in [1.29, 1.82) is 0 Å². The zero-order valence-corrected chi connectivity index (χ0v) is 14.9. The maximum Gasteiger partial charge on any atom is 0.312 e. The van der Waals surface area contributed by atoms with Crippen molar-refractivity contribution in [3.63, 3.8) is 0 Å². The van der Waals surface area contributed by atoms with Gasteiger partial charge in [0, 0.05) is 6.08 Å². The first-order valence-corrected chi connectivity index (χ1v) is 8.83. The van der Waals surface area contributed by atoms with Gasteiger partial charge in [0.2, 0.25) is 0 Å². The molecule has 1 nitrogen and oxygen atoms in total. The molecule has 0 fully saturated rings. The molecule has 24 heavy (non-hydrogen) atoms. The van der Waals surface area contributed by atoms with Crippen LogP contribution in [0.3, 0.4) is 0 Å². The van der Waals surface area contributed by atoms with E-state index in [1.807, 2.05) is 6.92 Å². The fourth-order valence-corrected chi connectivity index (χ4v) is 2.74. The molecule has 2 rings (SSSR count). The second kappa shape index (κ2) is 10.5. The van der Waals surface area contributed by atoms with Crippen molar-refractivity contribution in [3.05, 3.63) is 89.7 Å². The topological polar surface area (TPSA) is 11.3 Å². The summed E-state index contributed by atoms with van der Waals surface area (Å²) >= 11 is 0. The van der Waals surface area contributed by atoms with Crippen molar-refractivity contribution in [1.82, 2.24) is 0 Å². The molecule has 0 N–H and O–H groups in total. The summed E-state index contributed by atoms with van der Waals surface area (Å²) in [6.07, 6.45) is 10.5. The molecule has 1 heteroatoms. The molecule has 0 aliphatic heterocycles. The third kappa shape index (κ3) is 6.08. The second-order valence-electron chi connectivity index (χ2n) is 6.01. The minimum Gasteiger partial charge on any atom is -0.263 e. The predicted molar refractivity (Wildman–Crippen MR) is 104 cm³/mol. The Morgan fingerprint density at radius 3 is 1.75 bits per heavy atom. The van der Waals surface area contributed by atoms with E-state index in [-0.39, 0.29) is 0 Å². The van der Waals surface area contributed by atoms with E-state index < -0.39 is 0 Å². The highest BCUT2D eigenvalue weighted by Crippen LogP contribution is 2.24. The standard InChI is InChI=1S/C23H28O/c1-20(24-2)14-8-4-3-5-13-19-23(21-15-9-6-10-16-21)22-17-11-7-12-18-22/h6-7,9-12,14-19H,3-5,8,13H2,1-2H3/q+1. The van der Waals surface area contributed by atoms with Crippen molar-refractivity contribution in [2.45, 2.75) is 39.0 Å². The summed E-state index contributed by atoms with van der Waals surface area (Å²) in [5.41, 5.74) is 3.93. The molecule has 0 bridgehead atoms. The summed E-state index contributed by atoms with van der Waals surface area (Å²) in [6, 6.07) is 21.3. The van der Waals surface area contributed by atoms with E-state index in [1.165, 1.54) is 36.0 Å². The van der Waals surface area contributed by atoms with Gasteiger partial charge < -0.3 is 0 Å². The van der Waals surface area contributed by atoms with Crippen LogP contribution >= 0.6 is 0 Å². The summed E-state index contributed by atoms with van der Waals surface area (Å²) in [4.78, 5) is 0. The Morgan fingerprint density at radius 2 is 1.25 bits per heavy atom. The van der Waals surface area contributed by atoms with E-state index in [9.17, 15) is 0 Å². The Balaban J connectivity index is 1.92. The van der Waals surface area contributed by atoms with Crippen LogP contribution in [0, 0.1) is 0 Å². The van der Waals surface area contributed by atoms with Crippen molar-refractivity contribution in [3.8, 4) is 0 Å². The van der Waals surface area contributed by atoms with Crippen LogP contribution < -0.4 is 0 Å². The summed E-state index contributed by atoms with van der Waals surface area (Å²) in [7, 11) is 1.73. The van der Waals surface area contributed by atoms with Crippen molar-refractivity contribution < 1.29 is 4.74 Å². The normalized spacial score (nSPS) is 11.2. The summed E-state index contributed by atoms with van der Waals surface area (Å²) < 4.78 is 5.16. The van der Waals surface area contributed by atoms with E-state index in [1.54, 1.807) is 7.11 Å². The molecule has 0 saturated carbocycles. The number of methoxy groups -OCH3 is 1. The van der Waals surface area contributed by atoms with E-state index in [0.717, 1.165) is 18.6 Å². The van der Waals surface area contributed by atoms with Gasteiger partial charge in [0.15, 0.2) is 0 Å². The SMILES string of the molecule is C[O+]C(C)=CCCCCCC=C(c1ccccc1)c1ccccc1. The number of allylic oxidation sites excluding steroid dienone is 3. The Kier molecular flexibility index (Phi) is 7.89. The Morgan fingerprint density at radius 1 is 0.750 bits per heavy atom. The highest BCUT2D eigenvalue weighted by atomic mass is 16.5. The fraction of sp³-hybridized carbons (Fsp3) is 0.304. The lowest BCUT2D eigenvalue weighted by Crippen LogP contribution is -1.88. The van der Waals surface area contributed by atoms with Gasteiger partial charge in [0.05, 0.1) is 6.92 Å². The van der Waals surface area contributed by atoms with Gasteiger partial charge in [-0.1, -0.05) is 73.2 Å². The highest BCUT2D eigenvalue weighted by Gasteiger charge is 2.03. The molecule has 2 aromatic rings. The number of rotatable bonds is 9. The molecule has 0 aromatic heterocycles. The third-order valence-corrected chi connectivity index (χ3v) is 4.18. The molecule has 1 radical (unpaired) electrons. The van der Waals surface area contributed by atoms with Gasteiger partial charge in [-0.3, -0.25) is 4.74 Å². The van der Waals surface area contributed by atoms with Crippen LogP contribution in [-0.4, -0.2) is 7.11 Å². The van der Waals surface area contributed by atoms with E-state index >= 15 is 0 Å². The number of ether oxygens (including phenoxy) is 1. The minimum atomic E-state index is 1.02. The van der Waals surface area contributed by atoms with Crippen LogP contribution in [-0.2, 0) is 4.74 Å². The third-order valence-electron chi connectivity index (χ3n) is 4.18. The Hall–Kier alpha value is -2.28.